The maximum absolute atomic E-state index is 11.3. The number of aliphatic imine (C=N–C) groups is 1. The van der Waals surface area contributed by atoms with E-state index >= 15 is 0 Å². The predicted molar refractivity (Wildman–Crippen MR) is 101 cm³/mol. The molecule has 1 aromatic carbocycles. The fraction of sp³-hybridized carbons (Fsp3) is 0.421. The van der Waals surface area contributed by atoms with Crippen LogP contribution in [0.4, 0.5) is 0 Å². The summed E-state index contributed by atoms with van der Waals surface area (Å²) in [5.74, 6) is 1.09. The van der Waals surface area contributed by atoms with Gasteiger partial charge in [0.15, 0.2) is 5.96 Å². The van der Waals surface area contributed by atoms with Crippen LogP contribution in [-0.4, -0.2) is 36.6 Å². The van der Waals surface area contributed by atoms with Gasteiger partial charge in [-0.05, 0) is 32.4 Å². The van der Waals surface area contributed by atoms with Crippen LogP contribution < -0.4 is 10.6 Å². The van der Waals surface area contributed by atoms with Crippen molar-refractivity contribution in [3.05, 3.63) is 42.3 Å². The van der Waals surface area contributed by atoms with Crippen LogP contribution in [0.2, 0.25) is 0 Å². The van der Waals surface area contributed by atoms with Crippen molar-refractivity contribution in [2.45, 2.75) is 33.2 Å². The number of oxazole rings is 1. The zero-order chi connectivity index (χ0) is 18.6. The SMILES string of the molecule is CCNC(=NCc1coc(-c2ccccc2)n1)NCCCC(=O)OCC. The number of hydrogen-bond acceptors (Lipinski definition) is 5. The van der Waals surface area contributed by atoms with Gasteiger partial charge in [0, 0.05) is 25.1 Å². The van der Waals surface area contributed by atoms with Crippen LogP contribution in [0.3, 0.4) is 0 Å². The maximum Gasteiger partial charge on any atom is 0.305 e. The van der Waals surface area contributed by atoms with Crippen molar-refractivity contribution in [3.8, 4) is 11.5 Å². The summed E-state index contributed by atoms with van der Waals surface area (Å²) in [6.45, 7) is 6.01. The summed E-state index contributed by atoms with van der Waals surface area (Å²) in [7, 11) is 0. The molecule has 0 aliphatic rings. The van der Waals surface area contributed by atoms with Gasteiger partial charge in [-0.2, -0.15) is 0 Å². The number of esters is 1. The molecule has 2 rings (SSSR count). The molecule has 1 aromatic heterocycles. The molecule has 140 valence electrons. The molecule has 26 heavy (non-hydrogen) atoms. The summed E-state index contributed by atoms with van der Waals surface area (Å²) in [5, 5.41) is 6.37. The summed E-state index contributed by atoms with van der Waals surface area (Å²) in [6.07, 6.45) is 2.70. The lowest BCUT2D eigenvalue weighted by molar-refractivity contribution is -0.143. The second-order valence-electron chi connectivity index (χ2n) is 5.54. The van der Waals surface area contributed by atoms with E-state index < -0.39 is 0 Å². The molecule has 1 heterocycles. The van der Waals surface area contributed by atoms with Crippen molar-refractivity contribution in [2.24, 2.45) is 4.99 Å². The van der Waals surface area contributed by atoms with Gasteiger partial charge in [0.25, 0.3) is 0 Å². The maximum atomic E-state index is 11.3. The second-order valence-corrected chi connectivity index (χ2v) is 5.54. The minimum absolute atomic E-state index is 0.174. The van der Waals surface area contributed by atoms with Crippen LogP contribution in [0.1, 0.15) is 32.4 Å². The van der Waals surface area contributed by atoms with E-state index in [9.17, 15) is 4.79 Å². The number of aromatic nitrogens is 1. The lowest BCUT2D eigenvalue weighted by Gasteiger charge is -2.10. The van der Waals surface area contributed by atoms with Crippen LogP contribution in [-0.2, 0) is 16.1 Å². The molecule has 0 saturated carbocycles. The summed E-state index contributed by atoms with van der Waals surface area (Å²) in [4.78, 5) is 20.3. The lowest BCUT2D eigenvalue weighted by Crippen LogP contribution is -2.37. The fourth-order valence-corrected chi connectivity index (χ4v) is 2.27. The van der Waals surface area contributed by atoms with Gasteiger partial charge in [-0.1, -0.05) is 18.2 Å². The first-order chi connectivity index (χ1) is 12.7. The summed E-state index contributed by atoms with van der Waals surface area (Å²) >= 11 is 0. The molecular formula is C19H26N4O3. The van der Waals surface area contributed by atoms with Crippen molar-refractivity contribution in [1.29, 1.82) is 0 Å². The number of rotatable bonds is 9. The molecule has 7 nitrogen and oxygen atoms in total. The van der Waals surface area contributed by atoms with E-state index in [-0.39, 0.29) is 5.97 Å². The lowest BCUT2D eigenvalue weighted by atomic mass is 10.2. The second kappa shape index (κ2) is 10.9. The molecule has 2 N–H and O–H groups in total. The number of nitrogens with one attached hydrogen (secondary N) is 2. The summed E-state index contributed by atoms with van der Waals surface area (Å²) in [6, 6.07) is 9.75. The molecule has 0 radical (unpaired) electrons. The first-order valence-electron chi connectivity index (χ1n) is 8.90. The Morgan fingerprint density at radius 1 is 1.23 bits per heavy atom. The monoisotopic (exact) mass is 358 g/mol. The Kier molecular flexibility index (Phi) is 8.18. The predicted octanol–water partition coefficient (Wildman–Crippen LogP) is 2.74. The van der Waals surface area contributed by atoms with Gasteiger partial charge in [0.05, 0.1) is 13.2 Å². The minimum Gasteiger partial charge on any atom is -0.466 e. The Labute approximate surface area is 153 Å². The van der Waals surface area contributed by atoms with E-state index in [0.29, 0.717) is 44.4 Å². The van der Waals surface area contributed by atoms with Crippen molar-refractivity contribution in [3.63, 3.8) is 0 Å². The molecule has 0 fully saturated rings. The van der Waals surface area contributed by atoms with Crippen LogP contribution >= 0.6 is 0 Å². The molecule has 0 bridgehead atoms. The van der Waals surface area contributed by atoms with Gasteiger partial charge < -0.3 is 19.8 Å². The highest BCUT2D eigenvalue weighted by Crippen LogP contribution is 2.18. The summed E-state index contributed by atoms with van der Waals surface area (Å²) in [5.41, 5.74) is 1.69. The number of ether oxygens (including phenoxy) is 1. The molecule has 0 aliphatic heterocycles. The van der Waals surface area contributed by atoms with E-state index in [1.54, 1.807) is 13.2 Å². The zero-order valence-electron chi connectivity index (χ0n) is 15.3. The Morgan fingerprint density at radius 2 is 2.04 bits per heavy atom. The third-order valence-electron chi connectivity index (χ3n) is 3.47. The van der Waals surface area contributed by atoms with Gasteiger partial charge in [-0.15, -0.1) is 0 Å². The number of nitrogens with zero attached hydrogens (tertiary/aromatic N) is 2. The van der Waals surface area contributed by atoms with Crippen LogP contribution in [0.15, 0.2) is 46.0 Å². The molecule has 0 spiro atoms. The number of benzene rings is 1. The Bertz CT molecular complexity index is 698. The Morgan fingerprint density at radius 3 is 2.77 bits per heavy atom. The number of carbonyl (C=O) groups is 1. The molecule has 0 atom stereocenters. The Balaban J connectivity index is 1.84. The van der Waals surface area contributed by atoms with E-state index in [2.05, 4.69) is 20.6 Å². The first kappa shape index (κ1) is 19.5. The molecule has 0 unspecified atom stereocenters. The molecule has 0 aliphatic carbocycles. The fourth-order valence-electron chi connectivity index (χ4n) is 2.27. The molecule has 0 saturated heterocycles. The van der Waals surface area contributed by atoms with Gasteiger partial charge in [-0.25, -0.2) is 9.98 Å². The van der Waals surface area contributed by atoms with E-state index in [1.165, 1.54) is 0 Å². The van der Waals surface area contributed by atoms with E-state index in [4.69, 9.17) is 9.15 Å². The number of guanidine groups is 1. The quantitative estimate of drug-likeness (QED) is 0.310. The third kappa shape index (κ3) is 6.58. The zero-order valence-corrected chi connectivity index (χ0v) is 15.3. The van der Waals surface area contributed by atoms with Gasteiger partial charge in [-0.3, -0.25) is 4.79 Å². The highest BCUT2D eigenvalue weighted by Gasteiger charge is 2.06. The van der Waals surface area contributed by atoms with Gasteiger partial charge in [0.1, 0.15) is 12.0 Å². The van der Waals surface area contributed by atoms with Crippen LogP contribution in [0.5, 0.6) is 0 Å². The summed E-state index contributed by atoms with van der Waals surface area (Å²) < 4.78 is 10.4. The van der Waals surface area contributed by atoms with Crippen LogP contribution in [0, 0.1) is 0 Å². The van der Waals surface area contributed by atoms with Crippen molar-refractivity contribution >= 4 is 11.9 Å². The minimum atomic E-state index is -0.174. The average molecular weight is 358 g/mol. The average Bonchev–Trinajstić information content (AvgIpc) is 3.13. The van der Waals surface area contributed by atoms with Gasteiger partial charge in [0.2, 0.25) is 5.89 Å². The number of carbonyl (C=O) groups excluding carboxylic acids is 1. The standard InChI is InChI=1S/C19H26N4O3/c1-3-20-19(21-12-8-11-17(24)25-4-2)22-13-16-14-26-18(23-16)15-9-6-5-7-10-15/h5-7,9-10,14H,3-4,8,11-13H2,1-2H3,(H2,20,21,22). The van der Waals surface area contributed by atoms with Gasteiger partial charge >= 0.3 is 5.97 Å². The molecule has 2 aromatic rings. The molecular weight excluding hydrogens is 332 g/mol. The normalized spacial score (nSPS) is 11.2. The smallest absolute Gasteiger partial charge is 0.305 e. The van der Waals surface area contributed by atoms with E-state index in [0.717, 1.165) is 17.8 Å². The first-order valence-corrected chi connectivity index (χ1v) is 8.90. The highest BCUT2D eigenvalue weighted by atomic mass is 16.5. The molecule has 0 amide bonds. The van der Waals surface area contributed by atoms with E-state index in [1.807, 2.05) is 37.3 Å². The largest absolute Gasteiger partial charge is 0.466 e. The van der Waals surface area contributed by atoms with Crippen molar-refractivity contribution in [1.82, 2.24) is 15.6 Å². The Hall–Kier alpha value is -2.83. The third-order valence-corrected chi connectivity index (χ3v) is 3.47. The van der Waals surface area contributed by atoms with Crippen LogP contribution in [0.25, 0.3) is 11.5 Å². The van der Waals surface area contributed by atoms with Crippen molar-refractivity contribution < 1.29 is 13.9 Å². The number of hydrogen-bond donors (Lipinski definition) is 2. The van der Waals surface area contributed by atoms with Crippen molar-refractivity contribution in [2.75, 3.05) is 19.7 Å². The molecule has 7 heteroatoms. The topological polar surface area (TPSA) is 88.8 Å². The highest BCUT2D eigenvalue weighted by molar-refractivity contribution is 5.79.